The van der Waals surface area contributed by atoms with Crippen LogP contribution in [0.15, 0.2) is 539 Å². The van der Waals surface area contributed by atoms with Gasteiger partial charge in [-0.25, -0.2) is 0 Å². The van der Waals surface area contributed by atoms with Gasteiger partial charge in [0.1, 0.15) is 44.7 Å². The maximum Gasteiger partial charge on any atom is 0.143 e. The Morgan fingerprint density at radius 2 is 0.358 bits per heavy atom. The maximum absolute atomic E-state index is 6.95. The first kappa shape index (κ1) is 84.2. The first-order valence-corrected chi connectivity index (χ1v) is 50.9. The summed E-state index contributed by atoms with van der Waals surface area (Å²) in [5.41, 5.74) is 28.7. The van der Waals surface area contributed by atoms with Crippen LogP contribution in [-0.4, -0.2) is 0 Å². The van der Waals surface area contributed by atoms with E-state index in [9.17, 15) is 0 Å². The molecule has 0 saturated heterocycles. The smallest absolute Gasteiger partial charge is 0.143 e. The summed E-state index contributed by atoms with van der Waals surface area (Å²) in [6.07, 6.45) is 0. The molecule has 0 spiro atoms. The summed E-state index contributed by atoms with van der Waals surface area (Å²) in [5, 5.41) is 38.4. The van der Waals surface area contributed by atoms with E-state index in [1.54, 1.807) is 0 Å². The number of benzene rings is 28. The Kier molecular flexibility index (Phi) is 19.4. The number of rotatable bonds is 9. The zero-order chi connectivity index (χ0) is 97.1. The van der Waals surface area contributed by atoms with E-state index in [2.05, 4.69) is 516 Å². The van der Waals surface area contributed by atoms with Crippen molar-refractivity contribution in [2.45, 2.75) is 0 Å². The highest BCUT2D eigenvalue weighted by Crippen LogP contribution is 2.54. The lowest BCUT2D eigenvalue weighted by Gasteiger charge is -2.18. The van der Waals surface area contributed by atoms with E-state index < -0.39 is 0 Å². The Hall–Kier alpha value is -19.5. The first-order valence-electron chi connectivity index (χ1n) is 50.9. The minimum Gasteiger partial charge on any atom is -0.455 e. The molecule has 32 rings (SSSR count). The van der Waals surface area contributed by atoms with Crippen molar-refractivity contribution in [1.29, 1.82) is 0 Å². The largest absolute Gasteiger partial charge is 0.455 e. The fourth-order valence-corrected chi connectivity index (χ4v) is 24.4. The highest BCUT2D eigenvalue weighted by Gasteiger charge is 2.27. The van der Waals surface area contributed by atoms with Crippen molar-refractivity contribution in [3.8, 4) is 100 Å². The summed E-state index contributed by atoms with van der Waals surface area (Å²) in [7, 11) is 0. The molecule has 0 amide bonds. The second kappa shape index (κ2) is 34.1. The second-order valence-corrected chi connectivity index (χ2v) is 39.2. The molecule has 0 radical (unpaired) electrons. The van der Waals surface area contributed by atoms with E-state index in [1.807, 2.05) is 6.07 Å². The Morgan fingerprint density at radius 3 is 0.757 bits per heavy atom. The van der Waals surface area contributed by atoms with Gasteiger partial charge in [-0.1, -0.05) is 443 Å². The third-order valence-electron chi connectivity index (χ3n) is 31.1. The van der Waals surface area contributed by atoms with Gasteiger partial charge in [-0.3, -0.25) is 0 Å². The average Bonchev–Trinajstić information content (AvgIpc) is 1.48. The van der Waals surface area contributed by atoms with Crippen molar-refractivity contribution in [3.05, 3.63) is 522 Å². The van der Waals surface area contributed by atoms with Crippen LogP contribution < -0.4 is 0 Å². The number of hydrogen-bond donors (Lipinski definition) is 0. The highest BCUT2D eigenvalue weighted by molar-refractivity contribution is 6.35. The van der Waals surface area contributed by atoms with Crippen LogP contribution in [0, 0.1) is 0 Å². The minimum absolute atomic E-state index is 0.871. The normalized spacial score (nSPS) is 11.9. The Bertz CT molecular complexity index is 11000. The molecule has 148 heavy (non-hydrogen) atoms. The molecule has 0 aliphatic rings. The number of hydrogen-bond acceptors (Lipinski definition) is 4. The van der Waals surface area contributed by atoms with Crippen LogP contribution in [0.3, 0.4) is 0 Å². The molecule has 0 saturated carbocycles. The lowest BCUT2D eigenvalue weighted by atomic mass is 9.84. The van der Waals surface area contributed by atoms with Crippen LogP contribution in [0.4, 0.5) is 0 Å². The molecule has 4 aromatic heterocycles. The molecular formula is C144H86O4. The topological polar surface area (TPSA) is 52.6 Å². The fraction of sp³-hybridized carbons (Fsp3) is 0. The van der Waals surface area contributed by atoms with Crippen LogP contribution in [-0.2, 0) is 0 Å². The minimum atomic E-state index is 0.871. The molecule has 32 aromatic rings. The molecule has 0 N–H and O–H groups in total. The van der Waals surface area contributed by atoms with Crippen molar-refractivity contribution in [2.75, 3.05) is 0 Å². The molecule has 4 nitrogen and oxygen atoms in total. The van der Waals surface area contributed by atoms with Gasteiger partial charge in [0.15, 0.2) is 0 Å². The number of fused-ring (bicyclic) bond motifs is 33. The lowest BCUT2D eigenvalue weighted by Crippen LogP contribution is -1.91. The molecule has 0 bridgehead atoms. The van der Waals surface area contributed by atoms with Crippen LogP contribution in [0.2, 0.25) is 0 Å². The van der Waals surface area contributed by atoms with Gasteiger partial charge in [-0.05, 0) is 281 Å². The van der Waals surface area contributed by atoms with E-state index in [0.717, 1.165) is 127 Å². The molecule has 28 aromatic carbocycles. The summed E-state index contributed by atoms with van der Waals surface area (Å²) >= 11 is 0. The molecule has 0 fully saturated rings. The van der Waals surface area contributed by atoms with Crippen molar-refractivity contribution in [1.82, 2.24) is 0 Å². The Balaban J connectivity index is 0.000000103. The van der Waals surface area contributed by atoms with E-state index in [0.29, 0.717) is 0 Å². The highest BCUT2D eigenvalue weighted by atomic mass is 16.3. The third kappa shape index (κ3) is 13.5. The SMILES string of the molecule is c1ccc(-c2ccc3c(c2)c2ccccc2c2c4ccc(-c5c6ccccc6c(-c6ccc7ccccc7c6)c6ccccc56)cc4oc32)cc1.c1ccc(-c2ccc3c(c2)c2ccccc2c2c4ccc(-c5c6ccccc6c(-c6cccc7ccccc67)c6ccccc56)cc4oc32)cc1.c1ccc(-c2ccc3c(c2)c2ccccc2c2c4ccc(-c5cccc6c5oc5c(-c7ccccc7)cccc56)cc4oc32)cc1. The zero-order valence-corrected chi connectivity index (χ0v) is 80.3. The zero-order valence-electron chi connectivity index (χ0n) is 80.3. The third-order valence-corrected chi connectivity index (χ3v) is 31.1. The molecule has 0 aliphatic heterocycles. The van der Waals surface area contributed by atoms with Crippen molar-refractivity contribution in [3.63, 3.8) is 0 Å². The first-order chi connectivity index (χ1) is 73.4. The molecule has 0 unspecified atom stereocenters. The summed E-state index contributed by atoms with van der Waals surface area (Å²) in [5.74, 6) is 0. The Labute approximate surface area is 850 Å². The van der Waals surface area contributed by atoms with Gasteiger partial charge in [-0.15, -0.1) is 0 Å². The molecule has 4 heteroatoms. The standard InChI is InChI=1S/2C50H30O.C44H26O2/c1-2-13-31(14-3-1)33-25-27-43-45(29-33)36-18-6-7-19-38(36)49-44-28-26-34(30-46(44)51-50(43)49)47-39-20-8-10-22-41(39)48(42-23-11-9-21-40(42)47)37-24-12-16-32-15-4-5-17-35(32)37;1-2-12-31(13-3-1)34-24-26-43-45(29-34)37-16-6-7-17-38(37)49-44-27-25-36(30-46(44)51-50(43)49)48-41-20-10-8-18-39(41)47(40-19-9-11-21-42(40)48)35-23-22-32-14-4-5-15-33(32)28-35;1-3-11-27(12-4-1)29-21-23-37-39(25-29)33-15-7-8-16-34(33)41-38-24-22-30(26-40(38)45-44(37)41)32-18-10-20-36-35-19-9-17-31(42(35)46-43(32)36)28-13-5-2-6-14-28/h2*1-30H;1-26H. The quantitative estimate of drug-likeness (QED) is 0.107. The predicted octanol–water partition coefficient (Wildman–Crippen LogP) is 41.5. The number of furan rings is 4. The van der Waals surface area contributed by atoms with Crippen LogP contribution >= 0.6 is 0 Å². The predicted molar refractivity (Wildman–Crippen MR) is 627 cm³/mol. The summed E-state index contributed by atoms with van der Waals surface area (Å²) < 4.78 is 27.4. The van der Waals surface area contributed by atoms with Gasteiger partial charge in [0.25, 0.3) is 0 Å². The van der Waals surface area contributed by atoms with Crippen molar-refractivity contribution >= 4 is 217 Å². The van der Waals surface area contributed by atoms with Gasteiger partial charge in [-0.2, -0.15) is 0 Å². The van der Waals surface area contributed by atoms with E-state index in [4.69, 9.17) is 17.7 Å². The van der Waals surface area contributed by atoms with Gasteiger partial charge in [0.2, 0.25) is 0 Å². The van der Waals surface area contributed by atoms with E-state index in [1.165, 1.54) is 191 Å². The summed E-state index contributed by atoms with van der Waals surface area (Å²) in [6.45, 7) is 0. The number of para-hydroxylation sites is 2. The Morgan fingerprint density at radius 1 is 0.101 bits per heavy atom. The second-order valence-electron chi connectivity index (χ2n) is 39.2. The molecule has 0 aliphatic carbocycles. The van der Waals surface area contributed by atoms with Crippen LogP contribution in [0.1, 0.15) is 0 Å². The molecular weight excluding hydrogens is 1790 g/mol. The fourth-order valence-electron chi connectivity index (χ4n) is 24.4. The lowest BCUT2D eigenvalue weighted by molar-refractivity contribution is 0.670. The summed E-state index contributed by atoms with van der Waals surface area (Å²) in [6, 6.07) is 188. The van der Waals surface area contributed by atoms with Crippen LogP contribution in [0.25, 0.3) is 317 Å². The van der Waals surface area contributed by atoms with Crippen LogP contribution in [0.5, 0.6) is 0 Å². The molecule has 686 valence electrons. The molecule has 0 atom stereocenters. The van der Waals surface area contributed by atoms with Gasteiger partial charge in [0.05, 0.1) is 0 Å². The van der Waals surface area contributed by atoms with Crippen molar-refractivity contribution in [2.24, 2.45) is 0 Å². The average molecular weight is 1880 g/mol. The summed E-state index contributed by atoms with van der Waals surface area (Å²) in [4.78, 5) is 0. The molecule has 4 heterocycles. The van der Waals surface area contributed by atoms with Gasteiger partial charge < -0.3 is 17.7 Å². The van der Waals surface area contributed by atoms with E-state index in [-0.39, 0.29) is 0 Å². The van der Waals surface area contributed by atoms with Gasteiger partial charge >= 0.3 is 0 Å². The monoisotopic (exact) mass is 1880 g/mol. The van der Waals surface area contributed by atoms with E-state index >= 15 is 0 Å². The van der Waals surface area contributed by atoms with Gasteiger partial charge in [0, 0.05) is 70.4 Å². The van der Waals surface area contributed by atoms with Crippen molar-refractivity contribution < 1.29 is 17.7 Å². The maximum atomic E-state index is 6.95.